The highest BCUT2D eigenvalue weighted by molar-refractivity contribution is 8.00. The van der Waals surface area contributed by atoms with Crippen LogP contribution in [0.1, 0.15) is 6.92 Å². The van der Waals surface area contributed by atoms with Crippen molar-refractivity contribution < 1.29 is 13.2 Å². The Bertz CT molecular complexity index is 376. The van der Waals surface area contributed by atoms with Gasteiger partial charge in [0.05, 0.1) is 12.0 Å². The minimum Gasteiger partial charge on any atom is -0.339 e. The van der Waals surface area contributed by atoms with Crippen LogP contribution in [0.2, 0.25) is 0 Å². The Kier molecular flexibility index (Phi) is 5.90. The molecule has 1 fully saturated rings. The first-order valence-corrected chi connectivity index (χ1v) is 8.87. The summed E-state index contributed by atoms with van der Waals surface area (Å²) >= 11 is 1.52. The lowest BCUT2D eigenvalue weighted by atomic mass is 10.3. The van der Waals surface area contributed by atoms with E-state index >= 15 is 0 Å². The molecule has 0 aliphatic carbocycles. The average molecular weight is 295 g/mol. The monoisotopic (exact) mass is 295 g/mol. The summed E-state index contributed by atoms with van der Waals surface area (Å²) in [4.78, 5) is 13.6. The molecule has 1 amide bonds. The van der Waals surface area contributed by atoms with Crippen molar-refractivity contribution in [2.45, 2.75) is 13.0 Å². The minimum atomic E-state index is -3.13. The zero-order valence-electron chi connectivity index (χ0n) is 10.8. The molecule has 0 saturated carbocycles. The van der Waals surface area contributed by atoms with E-state index in [1.807, 2.05) is 6.92 Å². The van der Waals surface area contributed by atoms with Crippen LogP contribution in [-0.2, 0) is 14.8 Å². The number of nitrogens with two attached hydrogens (primary N) is 1. The van der Waals surface area contributed by atoms with E-state index in [9.17, 15) is 13.2 Å². The predicted octanol–water partition coefficient (Wildman–Crippen LogP) is -0.829. The Balaban J connectivity index is 2.32. The lowest BCUT2D eigenvalue weighted by Crippen LogP contribution is -2.50. The second-order valence-electron chi connectivity index (χ2n) is 4.54. The van der Waals surface area contributed by atoms with Crippen LogP contribution in [0.5, 0.6) is 0 Å². The van der Waals surface area contributed by atoms with E-state index in [0.29, 0.717) is 31.9 Å². The summed E-state index contributed by atoms with van der Waals surface area (Å²) in [6.07, 6.45) is 1.20. The minimum absolute atomic E-state index is 0.0637. The maximum atomic E-state index is 11.8. The number of sulfonamides is 1. The van der Waals surface area contributed by atoms with Crippen molar-refractivity contribution in [1.82, 2.24) is 9.21 Å². The molecule has 1 unspecified atom stereocenters. The molecule has 2 N–H and O–H groups in total. The molecule has 1 heterocycles. The third-order valence-electron chi connectivity index (χ3n) is 2.67. The second-order valence-corrected chi connectivity index (χ2v) is 7.55. The largest absolute Gasteiger partial charge is 0.339 e. The smallest absolute Gasteiger partial charge is 0.232 e. The van der Waals surface area contributed by atoms with E-state index in [-0.39, 0.29) is 11.9 Å². The molecule has 0 bridgehead atoms. The van der Waals surface area contributed by atoms with Crippen molar-refractivity contribution >= 4 is 27.7 Å². The van der Waals surface area contributed by atoms with Crippen molar-refractivity contribution in [1.29, 1.82) is 0 Å². The van der Waals surface area contributed by atoms with E-state index in [0.717, 1.165) is 5.75 Å². The number of piperazine rings is 1. The van der Waals surface area contributed by atoms with Crippen molar-refractivity contribution in [3.8, 4) is 0 Å². The highest BCUT2D eigenvalue weighted by Gasteiger charge is 2.25. The molecule has 106 valence electrons. The van der Waals surface area contributed by atoms with Crippen LogP contribution in [0.25, 0.3) is 0 Å². The number of hydrogen-bond donors (Lipinski definition) is 1. The van der Waals surface area contributed by atoms with Gasteiger partial charge in [0, 0.05) is 38.0 Å². The Morgan fingerprint density at radius 3 is 2.33 bits per heavy atom. The van der Waals surface area contributed by atoms with E-state index in [4.69, 9.17) is 5.73 Å². The van der Waals surface area contributed by atoms with Gasteiger partial charge in [-0.2, -0.15) is 16.1 Å². The van der Waals surface area contributed by atoms with Gasteiger partial charge in [-0.1, -0.05) is 0 Å². The fourth-order valence-electron chi connectivity index (χ4n) is 1.69. The van der Waals surface area contributed by atoms with Crippen molar-refractivity contribution in [2.24, 2.45) is 5.73 Å². The maximum absolute atomic E-state index is 11.8. The Hall–Kier alpha value is -0.310. The molecule has 1 atom stereocenters. The van der Waals surface area contributed by atoms with Gasteiger partial charge in [-0.25, -0.2) is 8.42 Å². The van der Waals surface area contributed by atoms with E-state index in [2.05, 4.69) is 0 Å². The number of nitrogens with zero attached hydrogens (tertiary/aromatic N) is 2. The summed E-state index contributed by atoms with van der Waals surface area (Å²) in [5, 5.41) is 0. The summed E-state index contributed by atoms with van der Waals surface area (Å²) in [5.74, 6) is 1.24. The van der Waals surface area contributed by atoms with Gasteiger partial charge in [-0.15, -0.1) is 0 Å². The summed E-state index contributed by atoms with van der Waals surface area (Å²) < 4.78 is 24.0. The third-order valence-corrected chi connectivity index (χ3v) is 5.18. The fraction of sp³-hybridized carbons (Fsp3) is 0.900. The molecule has 1 saturated heterocycles. The first-order valence-electron chi connectivity index (χ1n) is 5.87. The molecule has 1 aliphatic rings. The van der Waals surface area contributed by atoms with Gasteiger partial charge in [0.1, 0.15) is 0 Å². The third kappa shape index (κ3) is 5.13. The SMILES string of the molecule is CC(N)CSCC(=O)N1CCN(S(C)(=O)=O)CC1. The normalized spacial score (nSPS) is 19.8. The molecule has 0 aromatic heterocycles. The van der Waals surface area contributed by atoms with Crippen LogP contribution in [-0.4, -0.2) is 73.5 Å². The van der Waals surface area contributed by atoms with Crippen LogP contribution in [0.3, 0.4) is 0 Å². The molecule has 6 nitrogen and oxygen atoms in total. The van der Waals surface area contributed by atoms with Crippen molar-refractivity contribution in [2.75, 3.05) is 43.9 Å². The average Bonchev–Trinajstić information content (AvgIpc) is 2.27. The summed E-state index contributed by atoms with van der Waals surface area (Å²) in [6.45, 7) is 3.64. The van der Waals surface area contributed by atoms with Crippen LogP contribution in [0.4, 0.5) is 0 Å². The molecule has 1 rings (SSSR count). The predicted molar refractivity (Wildman–Crippen MR) is 74.0 cm³/mol. The van der Waals surface area contributed by atoms with E-state index in [1.165, 1.54) is 22.3 Å². The number of rotatable bonds is 5. The molecule has 0 radical (unpaired) electrons. The Morgan fingerprint density at radius 1 is 1.33 bits per heavy atom. The Morgan fingerprint density at radius 2 is 1.89 bits per heavy atom. The zero-order chi connectivity index (χ0) is 13.8. The van der Waals surface area contributed by atoms with Crippen molar-refractivity contribution in [3.63, 3.8) is 0 Å². The van der Waals surface area contributed by atoms with Gasteiger partial charge >= 0.3 is 0 Å². The fourth-order valence-corrected chi connectivity index (χ4v) is 3.37. The summed E-state index contributed by atoms with van der Waals surface area (Å²) in [6, 6.07) is 0.0879. The molecule has 0 aromatic carbocycles. The van der Waals surface area contributed by atoms with Crippen LogP contribution < -0.4 is 5.73 Å². The molecular weight excluding hydrogens is 274 g/mol. The lowest BCUT2D eigenvalue weighted by Gasteiger charge is -2.33. The van der Waals surface area contributed by atoms with Gasteiger partial charge < -0.3 is 10.6 Å². The number of amides is 1. The molecule has 1 aliphatic heterocycles. The van der Waals surface area contributed by atoms with Gasteiger partial charge in [-0.3, -0.25) is 4.79 Å². The quantitative estimate of drug-likeness (QED) is 0.716. The van der Waals surface area contributed by atoms with Crippen LogP contribution in [0.15, 0.2) is 0 Å². The van der Waals surface area contributed by atoms with Crippen LogP contribution >= 0.6 is 11.8 Å². The number of thioether (sulfide) groups is 1. The molecule has 0 aromatic rings. The molecule has 8 heteroatoms. The van der Waals surface area contributed by atoms with E-state index < -0.39 is 10.0 Å². The van der Waals surface area contributed by atoms with Crippen LogP contribution in [0, 0.1) is 0 Å². The summed E-state index contributed by atoms with van der Waals surface area (Å²) in [5.41, 5.74) is 5.60. The highest BCUT2D eigenvalue weighted by Crippen LogP contribution is 2.09. The van der Waals surface area contributed by atoms with Gasteiger partial charge in [0.25, 0.3) is 0 Å². The standard InChI is InChI=1S/C10H21N3O3S2/c1-9(11)7-17-8-10(14)12-3-5-13(6-4-12)18(2,15)16/h9H,3-8,11H2,1-2H3. The number of hydrogen-bond acceptors (Lipinski definition) is 5. The second kappa shape index (κ2) is 6.74. The maximum Gasteiger partial charge on any atom is 0.232 e. The lowest BCUT2D eigenvalue weighted by molar-refractivity contribution is -0.129. The first kappa shape index (κ1) is 15.7. The van der Waals surface area contributed by atoms with Gasteiger partial charge in [0.2, 0.25) is 15.9 Å². The van der Waals surface area contributed by atoms with Gasteiger partial charge in [-0.05, 0) is 6.92 Å². The molecular formula is C10H21N3O3S2. The van der Waals surface area contributed by atoms with Crippen molar-refractivity contribution in [3.05, 3.63) is 0 Å². The number of carbonyl (C=O) groups excluding carboxylic acids is 1. The first-order chi connectivity index (χ1) is 8.30. The molecule has 0 spiro atoms. The molecule has 18 heavy (non-hydrogen) atoms. The topological polar surface area (TPSA) is 83.7 Å². The summed E-state index contributed by atoms with van der Waals surface area (Å²) in [7, 11) is -3.13. The van der Waals surface area contributed by atoms with E-state index in [1.54, 1.807) is 4.90 Å². The number of carbonyl (C=O) groups is 1. The Labute approximate surface area is 113 Å². The highest BCUT2D eigenvalue weighted by atomic mass is 32.2. The van der Waals surface area contributed by atoms with Gasteiger partial charge in [0.15, 0.2) is 0 Å². The zero-order valence-corrected chi connectivity index (χ0v) is 12.5.